The molecule has 0 amide bonds. The van der Waals surface area contributed by atoms with Crippen molar-refractivity contribution in [2.75, 3.05) is 6.61 Å². The van der Waals surface area contributed by atoms with Crippen LogP contribution in [-0.4, -0.2) is 21.6 Å². The second-order valence-corrected chi connectivity index (χ2v) is 6.51. The molecule has 0 aliphatic carbocycles. The van der Waals surface area contributed by atoms with Crippen molar-refractivity contribution in [1.29, 1.82) is 0 Å². The first-order chi connectivity index (χ1) is 12.3. The Labute approximate surface area is 152 Å². The Balaban J connectivity index is 1.80. The number of aromatic nitrogens is 3. The molecule has 25 heavy (non-hydrogen) atoms. The van der Waals surface area contributed by atoms with Gasteiger partial charge in [0, 0.05) is 6.20 Å². The molecular weight excluding hydrogens is 310 g/mol. The number of aryl methyl sites for hydroxylation is 1. The number of hydrogen-bond acceptors (Lipinski definition) is 4. The minimum Gasteiger partial charge on any atom is -0.490 e. The molecule has 0 aromatic carbocycles. The van der Waals surface area contributed by atoms with E-state index in [9.17, 15) is 0 Å². The number of hydrogen-bond donors (Lipinski definition) is 0. The van der Waals surface area contributed by atoms with Crippen molar-refractivity contribution in [3.8, 4) is 17.3 Å². The minimum absolute atomic E-state index is 0.649. The molecule has 0 spiro atoms. The molecule has 0 fully saturated rings. The van der Waals surface area contributed by atoms with Crippen molar-refractivity contribution in [2.24, 2.45) is 0 Å². The molecule has 2 rings (SSSR count). The van der Waals surface area contributed by atoms with Crippen molar-refractivity contribution in [3.05, 3.63) is 36.3 Å². The van der Waals surface area contributed by atoms with Crippen LogP contribution in [0.3, 0.4) is 0 Å². The Bertz CT molecular complexity index is 581. The van der Waals surface area contributed by atoms with E-state index in [4.69, 9.17) is 4.74 Å². The summed E-state index contributed by atoms with van der Waals surface area (Å²) in [7, 11) is 0. The average Bonchev–Trinajstić information content (AvgIpc) is 2.66. The van der Waals surface area contributed by atoms with Crippen molar-refractivity contribution in [1.82, 2.24) is 15.0 Å². The number of pyridine rings is 1. The summed E-state index contributed by atoms with van der Waals surface area (Å²) in [4.78, 5) is 13.3. The van der Waals surface area contributed by atoms with Gasteiger partial charge in [-0.05, 0) is 30.9 Å². The third kappa shape index (κ3) is 7.20. The third-order valence-electron chi connectivity index (χ3n) is 4.27. The minimum atomic E-state index is 0.649. The van der Waals surface area contributed by atoms with Gasteiger partial charge in [0.05, 0.1) is 19.0 Å². The quantitative estimate of drug-likeness (QED) is 0.470. The molecule has 0 unspecified atom stereocenters. The molecule has 0 aliphatic rings. The van der Waals surface area contributed by atoms with Crippen molar-refractivity contribution < 1.29 is 4.74 Å². The molecule has 4 heteroatoms. The van der Waals surface area contributed by atoms with E-state index < -0.39 is 0 Å². The highest BCUT2D eigenvalue weighted by atomic mass is 16.5. The zero-order valence-corrected chi connectivity index (χ0v) is 15.7. The molecule has 0 radical (unpaired) electrons. The summed E-state index contributed by atoms with van der Waals surface area (Å²) in [5.41, 5.74) is 2.10. The average molecular weight is 341 g/mol. The monoisotopic (exact) mass is 341 g/mol. The van der Waals surface area contributed by atoms with Crippen LogP contribution in [0.5, 0.6) is 5.75 Å². The maximum absolute atomic E-state index is 5.68. The van der Waals surface area contributed by atoms with Crippen molar-refractivity contribution >= 4 is 0 Å². The summed E-state index contributed by atoms with van der Waals surface area (Å²) in [5, 5.41) is 0. The normalized spacial score (nSPS) is 10.8. The van der Waals surface area contributed by atoms with Gasteiger partial charge in [0.1, 0.15) is 5.69 Å². The molecule has 2 aromatic heterocycles. The Kier molecular flexibility index (Phi) is 8.95. The van der Waals surface area contributed by atoms with Gasteiger partial charge in [-0.1, -0.05) is 58.4 Å². The van der Waals surface area contributed by atoms with E-state index in [1.165, 1.54) is 50.5 Å². The fraction of sp³-hybridized carbons (Fsp3) is 0.571. The zero-order chi connectivity index (χ0) is 17.7. The molecule has 0 atom stereocenters. The number of rotatable bonds is 12. The topological polar surface area (TPSA) is 47.9 Å². The van der Waals surface area contributed by atoms with Crippen LogP contribution in [0.25, 0.3) is 11.5 Å². The van der Waals surface area contributed by atoms with E-state index in [0.717, 1.165) is 30.9 Å². The van der Waals surface area contributed by atoms with Gasteiger partial charge in [-0.2, -0.15) is 0 Å². The van der Waals surface area contributed by atoms with Gasteiger partial charge in [0.15, 0.2) is 11.6 Å². The summed E-state index contributed by atoms with van der Waals surface area (Å²) in [5.74, 6) is 1.38. The molecule has 0 saturated carbocycles. The lowest BCUT2D eigenvalue weighted by Gasteiger charge is -2.06. The summed E-state index contributed by atoms with van der Waals surface area (Å²) in [6, 6.07) is 4.14. The number of ether oxygens (including phenoxy) is 1. The highest BCUT2D eigenvalue weighted by Gasteiger charge is 2.04. The fourth-order valence-electron chi connectivity index (χ4n) is 2.70. The molecule has 2 heterocycles. The van der Waals surface area contributed by atoms with E-state index in [0.29, 0.717) is 5.82 Å². The van der Waals surface area contributed by atoms with Gasteiger partial charge in [0.25, 0.3) is 0 Å². The van der Waals surface area contributed by atoms with Crippen molar-refractivity contribution in [2.45, 2.75) is 71.6 Å². The van der Waals surface area contributed by atoms with E-state index in [-0.39, 0.29) is 0 Å². The van der Waals surface area contributed by atoms with Gasteiger partial charge >= 0.3 is 0 Å². The maximum atomic E-state index is 5.68. The lowest BCUT2D eigenvalue weighted by atomic mass is 10.1. The first-order valence-corrected chi connectivity index (χ1v) is 9.73. The highest BCUT2D eigenvalue weighted by Crippen LogP contribution is 2.16. The summed E-state index contributed by atoms with van der Waals surface area (Å²) < 4.78 is 5.68. The Morgan fingerprint density at radius 2 is 1.48 bits per heavy atom. The predicted molar refractivity (Wildman–Crippen MR) is 103 cm³/mol. The molecule has 0 aliphatic heterocycles. The van der Waals surface area contributed by atoms with E-state index in [1.54, 1.807) is 12.4 Å². The van der Waals surface area contributed by atoms with E-state index in [1.807, 2.05) is 12.3 Å². The van der Waals surface area contributed by atoms with Gasteiger partial charge in [-0.25, -0.2) is 9.97 Å². The summed E-state index contributed by atoms with van der Waals surface area (Å²) in [6.07, 6.45) is 16.4. The predicted octanol–water partition coefficient (Wildman–Crippen LogP) is 5.62. The van der Waals surface area contributed by atoms with E-state index in [2.05, 4.69) is 34.9 Å². The first-order valence-electron chi connectivity index (χ1n) is 9.73. The molecule has 2 aromatic rings. The molecule has 0 N–H and O–H groups in total. The van der Waals surface area contributed by atoms with Crippen LogP contribution < -0.4 is 4.74 Å². The molecule has 4 nitrogen and oxygen atoms in total. The van der Waals surface area contributed by atoms with Gasteiger partial charge in [0.2, 0.25) is 0 Å². The fourth-order valence-corrected chi connectivity index (χ4v) is 2.70. The lowest BCUT2D eigenvalue weighted by molar-refractivity contribution is 0.303. The Hall–Kier alpha value is -1.97. The third-order valence-corrected chi connectivity index (χ3v) is 4.27. The second kappa shape index (κ2) is 11.6. The Morgan fingerprint density at radius 3 is 2.12 bits per heavy atom. The maximum Gasteiger partial charge on any atom is 0.178 e. The van der Waals surface area contributed by atoms with Crippen molar-refractivity contribution in [3.63, 3.8) is 0 Å². The molecule has 136 valence electrons. The molecule has 0 bridgehead atoms. The second-order valence-electron chi connectivity index (χ2n) is 6.51. The largest absolute Gasteiger partial charge is 0.490 e. The highest BCUT2D eigenvalue weighted by molar-refractivity contribution is 5.49. The Morgan fingerprint density at radius 1 is 0.760 bits per heavy atom. The first kappa shape index (κ1) is 19.4. The van der Waals surface area contributed by atoms with E-state index >= 15 is 0 Å². The molecular formula is C21H31N3O. The smallest absolute Gasteiger partial charge is 0.178 e. The van der Waals surface area contributed by atoms with Crippen LogP contribution >= 0.6 is 0 Å². The van der Waals surface area contributed by atoms with Crippen LogP contribution in [-0.2, 0) is 6.42 Å². The van der Waals surface area contributed by atoms with Crippen LogP contribution in [0.4, 0.5) is 0 Å². The number of unbranched alkanes of at least 4 members (excludes halogenated alkanes) is 6. The van der Waals surface area contributed by atoms with Crippen LogP contribution in [0.1, 0.15) is 70.8 Å². The van der Waals surface area contributed by atoms with Gasteiger partial charge in [-0.3, -0.25) is 4.98 Å². The lowest BCUT2D eigenvalue weighted by Crippen LogP contribution is -1.99. The van der Waals surface area contributed by atoms with Crippen LogP contribution in [0, 0.1) is 0 Å². The zero-order valence-electron chi connectivity index (χ0n) is 15.7. The number of nitrogens with zero attached hydrogens (tertiary/aromatic N) is 3. The summed E-state index contributed by atoms with van der Waals surface area (Å²) >= 11 is 0. The van der Waals surface area contributed by atoms with Crippen LogP contribution in [0.15, 0.2) is 30.7 Å². The summed E-state index contributed by atoms with van der Waals surface area (Å²) in [6.45, 7) is 5.17. The van der Waals surface area contributed by atoms with Crippen LogP contribution in [0.2, 0.25) is 0 Å². The van der Waals surface area contributed by atoms with Gasteiger partial charge in [-0.15, -0.1) is 0 Å². The SMILES string of the molecule is CCCCCCOc1cnc(-c2ccc(CCCCCC)cn2)nc1. The standard InChI is InChI=1S/C21H31N3O/c1-3-5-7-9-11-18-12-13-20(22-15-18)21-23-16-19(17-24-21)25-14-10-8-6-4-2/h12-13,15-17H,3-11,14H2,1-2H3. The molecule has 0 saturated heterocycles. The van der Waals surface area contributed by atoms with Gasteiger partial charge < -0.3 is 4.74 Å².